The van der Waals surface area contributed by atoms with E-state index >= 15 is 0 Å². The lowest BCUT2D eigenvalue weighted by Crippen LogP contribution is -2.05. The van der Waals surface area contributed by atoms with Crippen LogP contribution in [0, 0.1) is 12.7 Å². The molecule has 0 spiro atoms. The molecule has 0 aliphatic rings. The fourth-order valence-corrected chi connectivity index (χ4v) is 1.82. The van der Waals surface area contributed by atoms with E-state index in [2.05, 4.69) is 10.3 Å². The van der Waals surface area contributed by atoms with Gasteiger partial charge in [0.1, 0.15) is 16.6 Å². The van der Waals surface area contributed by atoms with E-state index in [4.69, 9.17) is 16.3 Å². The molecule has 1 aromatic carbocycles. The number of halogens is 2. The van der Waals surface area contributed by atoms with Gasteiger partial charge in [-0.2, -0.15) is 0 Å². The normalized spacial score (nSPS) is 10.5. The first kappa shape index (κ1) is 13.8. The molecule has 0 fully saturated rings. The van der Waals surface area contributed by atoms with E-state index in [0.29, 0.717) is 22.9 Å². The van der Waals surface area contributed by atoms with Gasteiger partial charge in [-0.05, 0) is 37.2 Å². The second kappa shape index (κ2) is 5.99. The summed E-state index contributed by atoms with van der Waals surface area (Å²) >= 11 is 6.08. The zero-order valence-electron chi connectivity index (χ0n) is 10.7. The second-order valence-corrected chi connectivity index (χ2v) is 4.58. The van der Waals surface area contributed by atoms with Crippen LogP contribution in [-0.4, -0.2) is 12.0 Å². The Morgan fingerprint density at radius 3 is 2.79 bits per heavy atom. The highest BCUT2D eigenvalue weighted by Gasteiger charge is 2.07. The van der Waals surface area contributed by atoms with Crippen LogP contribution in [0.3, 0.4) is 0 Å². The summed E-state index contributed by atoms with van der Waals surface area (Å²) in [4.78, 5) is 4.13. The maximum absolute atomic E-state index is 13.4. The maximum atomic E-state index is 13.4. The Morgan fingerprint density at radius 1 is 1.37 bits per heavy atom. The summed E-state index contributed by atoms with van der Waals surface area (Å²) in [6.07, 6.45) is 1.67. The molecule has 1 heterocycles. The first-order valence-electron chi connectivity index (χ1n) is 5.83. The van der Waals surface area contributed by atoms with Gasteiger partial charge in [0, 0.05) is 18.8 Å². The standard InChI is InChI=1S/C14H14ClFN2O/c1-9-3-4-11(6-13(9)16)19-14-12(15)5-10(7-17-2)8-18-14/h3-6,8,17H,7H2,1-2H3. The number of aromatic nitrogens is 1. The van der Waals surface area contributed by atoms with Gasteiger partial charge >= 0.3 is 0 Å². The first-order valence-corrected chi connectivity index (χ1v) is 6.21. The SMILES string of the molecule is CNCc1cnc(Oc2ccc(C)c(F)c2)c(Cl)c1. The van der Waals surface area contributed by atoms with Crippen LogP contribution < -0.4 is 10.1 Å². The van der Waals surface area contributed by atoms with Crippen molar-refractivity contribution in [3.8, 4) is 11.6 Å². The molecular formula is C14H14ClFN2O. The number of pyridine rings is 1. The third-order valence-electron chi connectivity index (χ3n) is 2.60. The fraction of sp³-hybridized carbons (Fsp3) is 0.214. The molecule has 0 saturated carbocycles. The largest absolute Gasteiger partial charge is 0.437 e. The molecule has 5 heteroatoms. The van der Waals surface area contributed by atoms with E-state index in [-0.39, 0.29) is 11.7 Å². The van der Waals surface area contributed by atoms with Gasteiger partial charge in [-0.3, -0.25) is 0 Å². The number of rotatable bonds is 4. The minimum absolute atomic E-state index is 0.268. The summed E-state index contributed by atoms with van der Waals surface area (Å²) in [5.41, 5.74) is 1.52. The summed E-state index contributed by atoms with van der Waals surface area (Å²) in [5, 5.41) is 3.40. The highest BCUT2D eigenvalue weighted by molar-refractivity contribution is 6.31. The summed E-state index contributed by atoms with van der Waals surface area (Å²) in [6, 6.07) is 6.41. The van der Waals surface area contributed by atoms with Gasteiger partial charge in [-0.15, -0.1) is 0 Å². The smallest absolute Gasteiger partial charge is 0.238 e. The maximum Gasteiger partial charge on any atom is 0.238 e. The van der Waals surface area contributed by atoms with Crippen molar-refractivity contribution in [2.75, 3.05) is 7.05 Å². The number of nitrogens with zero attached hydrogens (tertiary/aromatic N) is 1. The Morgan fingerprint density at radius 2 is 2.16 bits per heavy atom. The van der Waals surface area contributed by atoms with Crippen LogP contribution in [0.2, 0.25) is 5.02 Å². The van der Waals surface area contributed by atoms with Gasteiger partial charge in [0.15, 0.2) is 0 Å². The lowest BCUT2D eigenvalue weighted by atomic mass is 10.2. The predicted molar refractivity (Wildman–Crippen MR) is 73.2 cm³/mol. The van der Waals surface area contributed by atoms with E-state index in [0.717, 1.165) is 5.56 Å². The van der Waals surface area contributed by atoms with Crippen molar-refractivity contribution in [3.05, 3.63) is 52.4 Å². The Labute approximate surface area is 116 Å². The minimum atomic E-state index is -0.319. The third-order valence-corrected chi connectivity index (χ3v) is 2.87. The molecule has 0 unspecified atom stereocenters. The lowest BCUT2D eigenvalue weighted by Gasteiger charge is -2.08. The van der Waals surface area contributed by atoms with Crippen LogP contribution in [0.4, 0.5) is 4.39 Å². The van der Waals surface area contributed by atoms with E-state index in [9.17, 15) is 4.39 Å². The quantitative estimate of drug-likeness (QED) is 0.927. The molecule has 0 bridgehead atoms. The Hall–Kier alpha value is -1.65. The summed E-state index contributed by atoms with van der Waals surface area (Å²) < 4.78 is 18.9. The summed E-state index contributed by atoms with van der Waals surface area (Å²) in [7, 11) is 1.84. The molecule has 1 aromatic heterocycles. The van der Waals surface area contributed by atoms with Crippen molar-refractivity contribution in [2.24, 2.45) is 0 Å². The van der Waals surface area contributed by atoms with Crippen LogP contribution in [0.15, 0.2) is 30.5 Å². The van der Waals surface area contributed by atoms with Gasteiger partial charge in [-0.25, -0.2) is 9.37 Å². The van der Waals surface area contributed by atoms with Crippen molar-refractivity contribution in [1.82, 2.24) is 10.3 Å². The van der Waals surface area contributed by atoms with E-state index in [1.54, 1.807) is 31.3 Å². The summed E-state index contributed by atoms with van der Waals surface area (Å²) in [6.45, 7) is 2.36. The molecule has 0 aliphatic heterocycles. The van der Waals surface area contributed by atoms with Gasteiger partial charge in [0.2, 0.25) is 5.88 Å². The average Bonchev–Trinajstić information content (AvgIpc) is 2.37. The molecule has 100 valence electrons. The van der Waals surface area contributed by atoms with Crippen molar-refractivity contribution < 1.29 is 9.13 Å². The fourth-order valence-electron chi connectivity index (χ4n) is 1.59. The molecule has 0 aliphatic carbocycles. The zero-order chi connectivity index (χ0) is 13.8. The van der Waals surface area contributed by atoms with E-state index in [1.807, 2.05) is 7.05 Å². The number of benzene rings is 1. The third kappa shape index (κ3) is 3.43. The molecule has 19 heavy (non-hydrogen) atoms. The molecule has 3 nitrogen and oxygen atoms in total. The van der Waals surface area contributed by atoms with E-state index in [1.165, 1.54) is 6.07 Å². The van der Waals surface area contributed by atoms with Crippen molar-refractivity contribution in [3.63, 3.8) is 0 Å². The first-order chi connectivity index (χ1) is 9.10. The molecule has 2 aromatic rings. The van der Waals surface area contributed by atoms with Gasteiger partial charge in [-0.1, -0.05) is 17.7 Å². The monoisotopic (exact) mass is 280 g/mol. The highest BCUT2D eigenvalue weighted by Crippen LogP contribution is 2.28. The molecule has 0 amide bonds. The average molecular weight is 281 g/mol. The molecule has 0 atom stereocenters. The highest BCUT2D eigenvalue weighted by atomic mass is 35.5. The molecule has 0 radical (unpaired) electrons. The van der Waals surface area contributed by atoms with Crippen LogP contribution >= 0.6 is 11.6 Å². The van der Waals surface area contributed by atoms with Crippen molar-refractivity contribution in [1.29, 1.82) is 0 Å². The van der Waals surface area contributed by atoms with Gasteiger partial charge < -0.3 is 10.1 Å². The molecule has 1 N–H and O–H groups in total. The van der Waals surface area contributed by atoms with Crippen LogP contribution in [0.5, 0.6) is 11.6 Å². The van der Waals surface area contributed by atoms with Crippen LogP contribution in [-0.2, 0) is 6.54 Å². The van der Waals surface area contributed by atoms with E-state index < -0.39 is 0 Å². The van der Waals surface area contributed by atoms with Crippen molar-refractivity contribution in [2.45, 2.75) is 13.5 Å². The minimum Gasteiger partial charge on any atom is -0.437 e. The number of hydrogen-bond donors (Lipinski definition) is 1. The Bertz CT molecular complexity index is 590. The number of nitrogens with one attached hydrogen (secondary N) is 1. The summed E-state index contributed by atoms with van der Waals surface area (Å²) in [5.74, 6) is 0.323. The second-order valence-electron chi connectivity index (χ2n) is 4.17. The van der Waals surface area contributed by atoms with Crippen LogP contribution in [0.25, 0.3) is 0 Å². The zero-order valence-corrected chi connectivity index (χ0v) is 11.5. The van der Waals surface area contributed by atoms with Gasteiger partial charge in [0.25, 0.3) is 0 Å². The molecular weight excluding hydrogens is 267 g/mol. The molecule has 2 rings (SSSR count). The number of aryl methyl sites for hydroxylation is 1. The number of hydrogen-bond acceptors (Lipinski definition) is 3. The molecule has 0 saturated heterocycles. The predicted octanol–water partition coefficient (Wildman–Crippen LogP) is 3.69. The van der Waals surface area contributed by atoms with Crippen LogP contribution in [0.1, 0.15) is 11.1 Å². The lowest BCUT2D eigenvalue weighted by molar-refractivity contribution is 0.457. The Balaban J connectivity index is 2.20. The number of ether oxygens (including phenoxy) is 1. The van der Waals surface area contributed by atoms with Crippen molar-refractivity contribution >= 4 is 11.6 Å². The van der Waals surface area contributed by atoms with Gasteiger partial charge in [0.05, 0.1) is 0 Å². The Kier molecular flexibility index (Phi) is 4.35. The topological polar surface area (TPSA) is 34.2 Å².